The molecule has 0 bridgehead atoms. The number of hydrogen-bond acceptors (Lipinski definition) is 3. The molecule has 0 saturated carbocycles. The van der Waals surface area contributed by atoms with Crippen molar-refractivity contribution >= 4 is 10.8 Å². The van der Waals surface area contributed by atoms with E-state index < -0.39 is 0 Å². The highest BCUT2D eigenvalue weighted by Gasteiger charge is 2.06. The molecule has 4 aromatic rings. The zero-order valence-electron chi connectivity index (χ0n) is 14.0. The van der Waals surface area contributed by atoms with Crippen molar-refractivity contribution in [3.05, 3.63) is 100 Å². The minimum absolute atomic E-state index is 0.154. The van der Waals surface area contributed by atoms with Crippen LogP contribution in [0.4, 0.5) is 0 Å². The Morgan fingerprint density at radius 1 is 0.885 bits per heavy atom. The molecule has 0 aliphatic rings. The lowest BCUT2D eigenvalue weighted by Crippen LogP contribution is -2.22. The van der Waals surface area contributed by atoms with Gasteiger partial charge >= 0.3 is 0 Å². The normalized spacial score (nSPS) is 10.6. The molecule has 124 valence electrons. The van der Waals surface area contributed by atoms with E-state index in [-0.39, 0.29) is 5.56 Å². The lowest BCUT2D eigenvalue weighted by atomic mass is 10.1. The van der Waals surface area contributed by atoms with E-state index in [9.17, 15) is 4.79 Å². The number of hydrogen-bond donors (Lipinski definition) is 0. The molecule has 0 spiro atoms. The summed E-state index contributed by atoms with van der Waals surface area (Å²) in [5.41, 5.74) is 3.09. The fourth-order valence-corrected chi connectivity index (χ4v) is 2.92. The second-order valence-corrected chi connectivity index (χ2v) is 6.09. The predicted octanol–water partition coefficient (Wildman–Crippen LogP) is 3.98. The van der Waals surface area contributed by atoms with Crippen LogP contribution in [0.1, 0.15) is 11.1 Å². The molecule has 0 fully saturated rings. The third-order valence-electron chi connectivity index (χ3n) is 4.33. The maximum atomic E-state index is 12.2. The Labute approximate surface area is 150 Å². The molecule has 0 atom stereocenters. The summed E-state index contributed by atoms with van der Waals surface area (Å²) in [6.07, 6.45) is 0. The van der Waals surface area contributed by atoms with Gasteiger partial charge in [-0.25, -0.2) is 4.68 Å². The molecule has 4 heteroatoms. The first-order valence-corrected chi connectivity index (χ1v) is 8.29. The molecule has 1 aromatic heterocycles. The van der Waals surface area contributed by atoms with Gasteiger partial charge in [0.25, 0.3) is 5.56 Å². The molecule has 0 saturated heterocycles. The summed E-state index contributed by atoms with van der Waals surface area (Å²) in [5.74, 6) is 0. The summed E-state index contributed by atoms with van der Waals surface area (Å²) in [5, 5.41) is 15.7. The summed E-state index contributed by atoms with van der Waals surface area (Å²) < 4.78 is 1.45. The van der Waals surface area contributed by atoms with Crippen molar-refractivity contribution in [3.8, 4) is 17.3 Å². The van der Waals surface area contributed by atoms with Crippen LogP contribution in [-0.2, 0) is 6.54 Å². The van der Waals surface area contributed by atoms with E-state index in [4.69, 9.17) is 5.26 Å². The van der Waals surface area contributed by atoms with Crippen LogP contribution < -0.4 is 5.56 Å². The number of rotatable bonds is 3. The van der Waals surface area contributed by atoms with Crippen molar-refractivity contribution in [2.45, 2.75) is 6.54 Å². The van der Waals surface area contributed by atoms with E-state index >= 15 is 0 Å². The first-order valence-electron chi connectivity index (χ1n) is 8.29. The highest BCUT2D eigenvalue weighted by molar-refractivity contribution is 5.86. The van der Waals surface area contributed by atoms with Gasteiger partial charge < -0.3 is 0 Å². The lowest BCUT2D eigenvalue weighted by molar-refractivity contribution is 0.643. The van der Waals surface area contributed by atoms with Crippen LogP contribution in [0.25, 0.3) is 22.0 Å². The molecule has 0 radical (unpaired) electrons. The third-order valence-corrected chi connectivity index (χ3v) is 4.33. The molecule has 4 rings (SSSR count). The van der Waals surface area contributed by atoms with Crippen molar-refractivity contribution in [1.29, 1.82) is 5.26 Å². The van der Waals surface area contributed by atoms with Crippen molar-refractivity contribution in [3.63, 3.8) is 0 Å². The maximum Gasteiger partial charge on any atom is 0.267 e. The van der Waals surface area contributed by atoms with Gasteiger partial charge in [-0.3, -0.25) is 4.79 Å². The monoisotopic (exact) mass is 337 g/mol. The van der Waals surface area contributed by atoms with Gasteiger partial charge in [-0.1, -0.05) is 48.5 Å². The topological polar surface area (TPSA) is 58.7 Å². The van der Waals surface area contributed by atoms with Crippen molar-refractivity contribution in [2.75, 3.05) is 0 Å². The number of fused-ring (bicyclic) bond motifs is 1. The quantitative estimate of drug-likeness (QED) is 0.568. The van der Waals surface area contributed by atoms with Gasteiger partial charge in [0.05, 0.1) is 23.9 Å². The van der Waals surface area contributed by atoms with Crippen LogP contribution in [0, 0.1) is 11.3 Å². The molecule has 3 aromatic carbocycles. The van der Waals surface area contributed by atoms with E-state index in [0.717, 1.165) is 22.2 Å². The van der Waals surface area contributed by atoms with E-state index in [2.05, 4.69) is 35.4 Å². The van der Waals surface area contributed by atoms with Gasteiger partial charge in [0.15, 0.2) is 0 Å². The van der Waals surface area contributed by atoms with Gasteiger partial charge in [-0.15, -0.1) is 0 Å². The second kappa shape index (κ2) is 6.66. The Morgan fingerprint density at radius 3 is 2.42 bits per heavy atom. The number of benzene rings is 3. The molecule has 4 nitrogen and oxygen atoms in total. The van der Waals surface area contributed by atoms with Gasteiger partial charge in [-0.05, 0) is 40.6 Å². The third kappa shape index (κ3) is 3.11. The Bertz CT molecular complexity index is 1180. The molecule has 0 amide bonds. The molecule has 0 aliphatic carbocycles. The minimum atomic E-state index is -0.154. The summed E-state index contributed by atoms with van der Waals surface area (Å²) in [6.45, 7) is 0.367. The molecule has 26 heavy (non-hydrogen) atoms. The molecule has 0 unspecified atom stereocenters. The Balaban J connectivity index is 1.70. The molecular weight excluding hydrogens is 322 g/mol. The average molecular weight is 337 g/mol. The van der Waals surface area contributed by atoms with E-state index in [0.29, 0.717) is 12.1 Å². The fraction of sp³-hybridized carbons (Fsp3) is 0.0455. The fourth-order valence-electron chi connectivity index (χ4n) is 2.92. The first-order chi connectivity index (χ1) is 12.7. The number of nitrogens with zero attached hydrogens (tertiary/aromatic N) is 3. The largest absolute Gasteiger partial charge is 0.268 e. The zero-order chi connectivity index (χ0) is 17.9. The molecule has 1 heterocycles. The van der Waals surface area contributed by atoms with E-state index in [1.54, 1.807) is 24.3 Å². The molecule has 0 N–H and O–H groups in total. The van der Waals surface area contributed by atoms with E-state index in [1.807, 2.05) is 30.3 Å². The number of nitriles is 1. The number of aromatic nitrogens is 2. The van der Waals surface area contributed by atoms with Crippen molar-refractivity contribution in [1.82, 2.24) is 9.78 Å². The van der Waals surface area contributed by atoms with Crippen molar-refractivity contribution < 1.29 is 0 Å². The van der Waals surface area contributed by atoms with Crippen molar-refractivity contribution in [2.24, 2.45) is 0 Å². The van der Waals surface area contributed by atoms with Gasteiger partial charge in [-0.2, -0.15) is 10.4 Å². The van der Waals surface area contributed by atoms with Gasteiger partial charge in [0.1, 0.15) is 0 Å². The summed E-state index contributed by atoms with van der Waals surface area (Å²) in [6, 6.07) is 26.9. The Morgan fingerprint density at radius 2 is 1.65 bits per heavy atom. The smallest absolute Gasteiger partial charge is 0.267 e. The highest BCUT2D eigenvalue weighted by Crippen LogP contribution is 2.22. The van der Waals surface area contributed by atoms with Crippen LogP contribution >= 0.6 is 0 Å². The summed E-state index contributed by atoms with van der Waals surface area (Å²) in [7, 11) is 0. The molecular formula is C22H15N3O. The average Bonchev–Trinajstić information content (AvgIpc) is 2.70. The van der Waals surface area contributed by atoms with Crippen LogP contribution in [-0.4, -0.2) is 9.78 Å². The summed E-state index contributed by atoms with van der Waals surface area (Å²) >= 11 is 0. The minimum Gasteiger partial charge on any atom is -0.268 e. The first kappa shape index (κ1) is 15.8. The zero-order valence-corrected chi connectivity index (χ0v) is 14.0. The standard InChI is InChI=1S/C22H15N3O/c23-14-16-5-7-17(8-6-16)15-25-22(26)12-11-21(24-25)20-10-9-18-3-1-2-4-19(18)13-20/h1-13H,15H2. The van der Waals surface area contributed by atoms with Gasteiger partial charge in [0.2, 0.25) is 0 Å². The van der Waals surface area contributed by atoms with Crippen LogP contribution in [0.15, 0.2) is 83.7 Å². The second-order valence-electron chi connectivity index (χ2n) is 6.09. The lowest BCUT2D eigenvalue weighted by Gasteiger charge is -2.08. The van der Waals surface area contributed by atoms with Crippen LogP contribution in [0.3, 0.4) is 0 Å². The van der Waals surface area contributed by atoms with Gasteiger partial charge in [0, 0.05) is 11.6 Å². The molecule has 0 aliphatic heterocycles. The summed E-state index contributed by atoms with van der Waals surface area (Å²) in [4.78, 5) is 12.2. The highest BCUT2D eigenvalue weighted by atomic mass is 16.1. The van der Waals surface area contributed by atoms with Crippen LogP contribution in [0.5, 0.6) is 0 Å². The van der Waals surface area contributed by atoms with Crippen LogP contribution in [0.2, 0.25) is 0 Å². The van der Waals surface area contributed by atoms with E-state index in [1.165, 1.54) is 10.1 Å². The maximum absolute atomic E-state index is 12.2. The Hall–Kier alpha value is -3.71. The Kier molecular flexibility index (Phi) is 4.04. The predicted molar refractivity (Wildman–Crippen MR) is 102 cm³/mol. The SMILES string of the molecule is N#Cc1ccc(Cn2nc(-c3ccc4ccccc4c3)ccc2=O)cc1.